The van der Waals surface area contributed by atoms with Crippen LogP contribution in [0, 0.1) is 17.8 Å². The van der Waals surface area contributed by atoms with E-state index in [2.05, 4.69) is 22.0 Å². The molecule has 5 atom stereocenters. The Morgan fingerprint density at radius 2 is 1.73 bits per heavy atom. The highest BCUT2D eigenvalue weighted by Crippen LogP contribution is 2.31. The van der Waals surface area contributed by atoms with Crippen molar-refractivity contribution in [1.82, 2.24) is 25.8 Å². The SMILES string of the molecule is C#CC(=O)N[C@H]1C[C@@H](C(=O)NC2CCCc3ccccc32)N(C(=O)[C@@H](NC(=O)[C@H](C)N(C)C(=O)OC(C)(C)C)C(C)(C)C)C1. The minimum atomic E-state index is -1.04. The Labute approximate surface area is 260 Å². The molecule has 1 aliphatic heterocycles. The van der Waals surface area contributed by atoms with Gasteiger partial charge in [-0.15, -0.1) is 6.42 Å². The number of aryl methyl sites for hydroxylation is 1. The molecule has 0 spiro atoms. The monoisotopic (exact) mass is 609 g/mol. The number of hydrogen-bond acceptors (Lipinski definition) is 6. The van der Waals surface area contributed by atoms with Crippen LogP contribution >= 0.6 is 0 Å². The molecule has 0 saturated carbocycles. The Hall–Kier alpha value is -4.07. The zero-order valence-corrected chi connectivity index (χ0v) is 27.2. The number of ether oxygens (including phenoxy) is 1. The average Bonchev–Trinajstić information content (AvgIpc) is 3.37. The quantitative estimate of drug-likeness (QED) is 0.407. The molecule has 240 valence electrons. The fourth-order valence-corrected chi connectivity index (χ4v) is 5.58. The normalized spacial score (nSPS) is 21.2. The van der Waals surface area contributed by atoms with Gasteiger partial charge < -0.3 is 25.6 Å². The van der Waals surface area contributed by atoms with Crippen molar-refractivity contribution in [3.8, 4) is 12.3 Å². The first-order chi connectivity index (χ1) is 20.4. The van der Waals surface area contributed by atoms with Gasteiger partial charge in [0.05, 0.1) is 6.04 Å². The van der Waals surface area contributed by atoms with Gasteiger partial charge in [-0.2, -0.15) is 0 Å². The molecule has 44 heavy (non-hydrogen) atoms. The summed E-state index contributed by atoms with van der Waals surface area (Å²) in [5.41, 5.74) is 0.731. The van der Waals surface area contributed by atoms with Gasteiger partial charge in [0.1, 0.15) is 23.7 Å². The van der Waals surface area contributed by atoms with Crippen molar-refractivity contribution in [3.63, 3.8) is 0 Å². The second-order valence-corrected chi connectivity index (χ2v) is 13.8. The maximum atomic E-state index is 14.2. The molecule has 11 nitrogen and oxygen atoms in total. The summed E-state index contributed by atoms with van der Waals surface area (Å²) in [6.07, 6.45) is 7.39. The first-order valence-electron chi connectivity index (χ1n) is 15.1. The molecule has 2 aliphatic rings. The van der Waals surface area contributed by atoms with Crippen molar-refractivity contribution < 1.29 is 28.7 Å². The average molecular weight is 610 g/mol. The van der Waals surface area contributed by atoms with Gasteiger partial charge in [0.15, 0.2) is 0 Å². The van der Waals surface area contributed by atoms with Gasteiger partial charge in [-0.05, 0) is 75.8 Å². The van der Waals surface area contributed by atoms with E-state index < -0.39 is 59.0 Å². The Morgan fingerprint density at radius 1 is 1.07 bits per heavy atom. The van der Waals surface area contributed by atoms with E-state index in [4.69, 9.17) is 11.2 Å². The zero-order chi connectivity index (χ0) is 33.0. The highest BCUT2D eigenvalue weighted by Gasteiger charge is 2.46. The Balaban J connectivity index is 1.84. The first kappa shape index (κ1) is 34.4. The summed E-state index contributed by atoms with van der Waals surface area (Å²) < 4.78 is 5.39. The molecular formula is C33H47N5O6. The summed E-state index contributed by atoms with van der Waals surface area (Å²) in [6.45, 7) is 12.2. The molecule has 0 bridgehead atoms. The highest BCUT2D eigenvalue weighted by atomic mass is 16.6. The number of nitrogens with one attached hydrogen (secondary N) is 3. The third-order valence-corrected chi connectivity index (χ3v) is 8.08. The lowest BCUT2D eigenvalue weighted by Gasteiger charge is -2.37. The van der Waals surface area contributed by atoms with Gasteiger partial charge >= 0.3 is 6.09 Å². The molecule has 1 heterocycles. The van der Waals surface area contributed by atoms with Crippen LogP contribution in [0.25, 0.3) is 0 Å². The second kappa shape index (κ2) is 13.7. The van der Waals surface area contributed by atoms with Crippen LogP contribution in [0.15, 0.2) is 24.3 Å². The van der Waals surface area contributed by atoms with E-state index in [9.17, 15) is 24.0 Å². The first-order valence-corrected chi connectivity index (χ1v) is 15.1. The van der Waals surface area contributed by atoms with Crippen molar-refractivity contribution in [1.29, 1.82) is 0 Å². The predicted octanol–water partition coefficient (Wildman–Crippen LogP) is 2.69. The van der Waals surface area contributed by atoms with Crippen LogP contribution in [0.2, 0.25) is 0 Å². The maximum Gasteiger partial charge on any atom is 0.410 e. The third kappa shape index (κ3) is 8.52. The molecule has 1 saturated heterocycles. The van der Waals surface area contributed by atoms with Gasteiger partial charge in [0, 0.05) is 19.6 Å². The summed E-state index contributed by atoms with van der Waals surface area (Å²) in [5, 5.41) is 8.67. The van der Waals surface area contributed by atoms with Crippen LogP contribution in [0.4, 0.5) is 4.79 Å². The number of rotatable bonds is 7. The van der Waals surface area contributed by atoms with E-state index in [1.165, 1.54) is 22.4 Å². The van der Waals surface area contributed by atoms with Gasteiger partial charge in [0.25, 0.3) is 5.91 Å². The molecule has 1 aromatic rings. The zero-order valence-electron chi connectivity index (χ0n) is 27.2. The lowest BCUT2D eigenvalue weighted by Crippen LogP contribution is -2.60. The van der Waals surface area contributed by atoms with Gasteiger partial charge in [-0.25, -0.2) is 4.79 Å². The number of terminal acetylenes is 1. The number of benzene rings is 1. The topological polar surface area (TPSA) is 137 Å². The van der Waals surface area contributed by atoms with E-state index in [-0.39, 0.29) is 24.9 Å². The van der Waals surface area contributed by atoms with Crippen LogP contribution in [0.5, 0.6) is 0 Å². The largest absolute Gasteiger partial charge is 0.444 e. The van der Waals surface area contributed by atoms with Crippen LogP contribution < -0.4 is 16.0 Å². The molecule has 0 aromatic heterocycles. The molecule has 11 heteroatoms. The molecule has 1 aliphatic carbocycles. The summed E-state index contributed by atoms with van der Waals surface area (Å²) in [5.74, 6) is 0.0237. The van der Waals surface area contributed by atoms with Crippen LogP contribution in [-0.4, -0.2) is 82.9 Å². The van der Waals surface area contributed by atoms with Crippen molar-refractivity contribution >= 4 is 29.7 Å². The Bertz CT molecular complexity index is 1310. The van der Waals surface area contributed by atoms with E-state index >= 15 is 0 Å². The molecule has 3 N–H and O–H groups in total. The van der Waals surface area contributed by atoms with E-state index in [1.54, 1.807) is 48.5 Å². The summed E-state index contributed by atoms with van der Waals surface area (Å²) in [4.78, 5) is 68.7. The fourth-order valence-electron chi connectivity index (χ4n) is 5.58. The van der Waals surface area contributed by atoms with Crippen molar-refractivity contribution in [3.05, 3.63) is 35.4 Å². The number of nitrogens with zero attached hydrogens (tertiary/aromatic N) is 2. The summed E-state index contributed by atoms with van der Waals surface area (Å²) in [6, 6.07) is 4.34. The molecular weight excluding hydrogens is 562 g/mol. The van der Waals surface area contributed by atoms with Crippen molar-refractivity contribution in [2.24, 2.45) is 5.41 Å². The van der Waals surface area contributed by atoms with Gasteiger partial charge in [-0.3, -0.25) is 24.1 Å². The van der Waals surface area contributed by atoms with Crippen LogP contribution in [-0.2, 0) is 30.3 Å². The van der Waals surface area contributed by atoms with Crippen molar-refractivity contribution in [2.45, 2.75) is 110 Å². The molecule has 1 fully saturated rings. The number of carbonyl (C=O) groups excluding carboxylic acids is 5. The van der Waals surface area contributed by atoms with E-state index in [0.717, 1.165) is 24.8 Å². The van der Waals surface area contributed by atoms with E-state index in [0.29, 0.717) is 0 Å². The second-order valence-electron chi connectivity index (χ2n) is 13.8. The minimum Gasteiger partial charge on any atom is -0.444 e. The Kier molecular flexibility index (Phi) is 10.7. The van der Waals surface area contributed by atoms with Crippen molar-refractivity contribution in [2.75, 3.05) is 13.6 Å². The minimum absolute atomic E-state index is 0.0431. The standard InChI is InChI=1S/C33H47N5O6/c1-10-26(39)34-22-18-25(29(41)35-24-17-13-15-21-14-11-12-16-23(21)24)38(19-22)30(42)27(32(3,4)5)36-28(40)20(2)37(9)31(43)44-33(6,7)8/h1,11-12,14,16,20,22,24-25,27H,13,15,17-19H2,2-9H3,(H,34,39)(H,35,41)(H,36,40)/t20-,22-,24?,25-,27+/m0/s1. The Morgan fingerprint density at radius 3 is 2.34 bits per heavy atom. The number of hydrogen-bond donors (Lipinski definition) is 3. The smallest absolute Gasteiger partial charge is 0.410 e. The molecule has 3 rings (SSSR count). The number of carbonyl (C=O) groups is 5. The van der Waals surface area contributed by atoms with Crippen LogP contribution in [0.3, 0.4) is 0 Å². The number of fused-ring (bicyclic) bond motifs is 1. The van der Waals surface area contributed by atoms with E-state index in [1.807, 2.05) is 24.1 Å². The van der Waals surface area contributed by atoms with Gasteiger partial charge in [0.2, 0.25) is 17.7 Å². The third-order valence-electron chi connectivity index (χ3n) is 8.08. The lowest BCUT2D eigenvalue weighted by atomic mass is 9.85. The summed E-state index contributed by atoms with van der Waals surface area (Å²) >= 11 is 0. The molecule has 5 amide bonds. The predicted molar refractivity (Wildman–Crippen MR) is 166 cm³/mol. The van der Waals surface area contributed by atoms with Gasteiger partial charge in [-0.1, -0.05) is 45.0 Å². The number of likely N-dealkylation sites (tertiary alicyclic amines) is 1. The summed E-state index contributed by atoms with van der Waals surface area (Å²) in [7, 11) is 1.45. The molecule has 1 unspecified atom stereocenters. The highest BCUT2D eigenvalue weighted by molar-refractivity contribution is 5.96. The maximum absolute atomic E-state index is 14.2. The fraction of sp³-hybridized carbons (Fsp3) is 0.606. The van der Waals surface area contributed by atoms with Crippen LogP contribution in [0.1, 0.15) is 84.9 Å². The number of likely N-dealkylation sites (N-methyl/N-ethyl adjacent to an activating group) is 1. The lowest BCUT2D eigenvalue weighted by molar-refractivity contribution is -0.144. The number of amides is 5. The molecule has 0 radical (unpaired) electrons. The molecule has 1 aromatic carbocycles.